The molecule has 0 unspecified atom stereocenters. The zero-order valence-corrected chi connectivity index (χ0v) is 9.87. The Labute approximate surface area is 96.1 Å². The van der Waals surface area contributed by atoms with Gasteiger partial charge in [0.2, 0.25) is 0 Å². The molecule has 0 aliphatic heterocycles. The number of carbonyl (C=O) groups is 1. The van der Waals surface area contributed by atoms with Gasteiger partial charge in [-0.25, -0.2) is 4.39 Å². The molecule has 16 heavy (non-hydrogen) atoms. The van der Waals surface area contributed by atoms with Crippen molar-refractivity contribution in [3.8, 4) is 0 Å². The molecule has 0 aliphatic carbocycles. The molecule has 1 rings (SSSR count). The van der Waals surface area contributed by atoms with Gasteiger partial charge in [0.1, 0.15) is 5.82 Å². The molecule has 0 radical (unpaired) electrons. The first-order valence-corrected chi connectivity index (χ1v) is 5.64. The number of hydrogen-bond donors (Lipinski definition) is 0. The summed E-state index contributed by atoms with van der Waals surface area (Å²) in [5.74, 6) is -0.0877. The molecule has 2 nitrogen and oxygen atoms in total. The van der Waals surface area contributed by atoms with Gasteiger partial charge in [0.05, 0.1) is 6.54 Å². The smallest absolute Gasteiger partial charge is 0.151 e. The average Bonchev–Trinajstić information content (AvgIpc) is 2.29. The molecular weight excluding hydrogens is 205 g/mol. The second-order valence-electron chi connectivity index (χ2n) is 3.80. The summed E-state index contributed by atoms with van der Waals surface area (Å²) in [6.45, 7) is 6.31. The molecule has 1 aromatic carbocycles. The molecule has 0 spiro atoms. The average molecular weight is 223 g/mol. The number of hydrogen-bond acceptors (Lipinski definition) is 2. The third-order valence-electron chi connectivity index (χ3n) is 2.61. The third-order valence-corrected chi connectivity index (χ3v) is 2.61. The molecule has 0 amide bonds. The van der Waals surface area contributed by atoms with Gasteiger partial charge in [-0.15, -0.1) is 0 Å². The summed E-state index contributed by atoms with van der Waals surface area (Å²) in [4.78, 5) is 13.8. The zero-order valence-electron chi connectivity index (χ0n) is 9.87. The first kappa shape index (κ1) is 12.8. The number of benzene rings is 1. The monoisotopic (exact) mass is 223 g/mol. The molecule has 0 saturated carbocycles. The van der Waals surface area contributed by atoms with Gasteiger partial charge in [-0.3, -0.25) is 9.69 Å². The highest BCUT2D eigenvalue weighted by Gasteiger charge is 2.08. The summed E-state index contributed by atoms with van der Waals surface area (Å²) in [6, 6.07) is 6.10. The van der Waals surface area contributed by atoms with E-state index in [0.29, 0.717) is 13.0 Å². The molecule has 0 atom stereocenters. The Morgan fingerprint density at radius 1 is 1.19 bits per heavy atom. The summed E-state index contributed by atoms with van der Waals surface area (Å²) in [5, 5.41) is 0. The topological polar surface area (TPSA) is 20.3 Å². The quantitative estimate of drug-likeness (QED) is 0.737. The van der Waals surface area contributed by atoms with Gasteiger partial charge >= 0.3 is 0 Å². The number of nitrogens with zero attached hydrogens (tertiary/aromatic N) is 1. The van der Waals surface area contributed by atoms with Crippen molar-refractivity contribution in [1.82, 2.24) is 4.90 Å². The lowest BCUT2D eigenvalue weighted by Gasteiger charge is -2.16. The maximum absolute atomic E-state index is 12.7. The number of rotatable bonds is 6. The van der Waals surface area contributed by atoms with Crippen LogP contribution in [0, 0.1) is 5.82 Å². The highest BCUT2D eigenvalue weighted by atomic mass is 19.1. The van der Waals surface area contributed by atoms with E-state index in [0.717, 1.165) is 18.7 Å². The normalized spacial score (nSPS) is 10.8. The van der Waals surface area contributed by atoms with Crippen LogP contribution in [0.2, 0.25) is 0 Å². The lowest BCUT2D eigenvalue weighted by atomic mass is 10.1. The molecule has 0 N–H and O–H groups in total. The van der Waals surface area contributed by atoms with E-state index in [4.69, 9.17) is 0 Å². The summed E-state index contributed by atoms with van der Waals surface area (Å²) in [6.07, 6.45) is 0.386. The van der Waals surface area contributed by atoms with Crippen molar-refractivity contribution in [2.24, 2.45) is 0 Å². The van der Waals surface area contributed by atoms with Gasteiger partial charge in [0, 0.05) is 6.42 Å². The molecule has 0 aliphatic rings. The molecule has 1 aromatic rings. The second kappa shape index (κ2) is 6.38. The maximum atomic E-state index is 12.7. The second-order valence-corrected chi connectivity index (χ2v) is 3.80. The van der Waals surface area contributed by atoms with E-state index in [-0.39, 0.29) is 11.6 Å². The molecule has 0 heterocycles. The fourth-order valence-electron chi connectivity index (χ4n) is 1.58. The Balaban J connectivity index is 2.48. The van der Waals surface area contributed by atoms with E-state index in [9.17, 15) is 9.18 Å². The van der Waals surface area contributed by atoms with E-state index < -0.39 is 0 Å². The molecule has 88 valence electrons. The van der Waals surface area contributed by atoms with Crippen LogP contribution in [-0.4, -0.2) is 30.3 Å². The van der Waals surface area contributed by atoms with Crippen LogP contribution in [0.4, 0.5) is 4.39 Å². The van der Waals surface area contributed by atoms with Crippen molar-refractivity contribution in [3.63, 3.8) is 0 Å². The summed E-state index contributed by atoms with van der Waals surface area (Å²) in [5.41, 5.74) is 0.874. The zero-order chi connectivity index (χ0) is 12.0. The van der Waals surface area contributed by atoms with Crippen LogP contribution in [0.3, 0.4) is 0 Å². The number of likely N-dealkylation sites (N-methyl/N-ethyl adjacent to an activating group) is 1. The predicted octanol–water partition coefficient (Wildman–Crippen LogP) is 2.28. The predicted molar refractivity (Wildman–Crippen MR) is 62.9 cm³/mol. The van der Waals surface area contributed by atoms with Gasteiger partial charge in [-0.05, 0) is 30.8 Å². The van der Waals surface area contributed by atoms with Gasteiger partial charge in [0.15, 0.2) is 5.78 Å². The van der Waals surface area contributed by atoms with Crippen molar-refractivity contribution in [1.29, 1.82) is 0 Å². The van der Waals surface area contributed by atoms with Crippen molar-refractivity contribution < 1.29 is 9.18 Å². The lowest BCUT2D eigenvalue weighted by molar-refractivity contribution is -0.119. The third kappa shape index (κ3) is 4.11. The van der Waals surface area contributed by atoms with Crippen LogP contribution in [0.5, 0.6) is 0 Å². The summed E-state index contributed by atoms with van der Waals surface area (Å²) in [7, 11) is 0. The highest BCUT2D eigenvalue weighted by molar-refractivity contribution is 5.82. The number of halogens is 1. The van der Waals surface area contributed by atoms with Gasteiger partial charge in [-0.1, -0.05) is 26.0 Å². The highest BCUT2D eigenvalue weighted by Crippen LogP contribution is 2.04. The van der Waals surface area contributed by atoms with Gasteiger partial charge in [-0.2, -0.15) is 0 Å². The molecule has 0 bridgehead atoms. The Kier molecular flexibility index (Phi) is 5.12. The Morgan fingerprint density at radius 3 is 2.25 bits per heavy atom. The SMILES string of the molecule is CCN(CC)CC(=O)Cc1ccc(F)cc1. The van der Waals surface area contributed by atoms with Crippen LogP contribution in [0.25, 0.3) is 0 Å². The van der Waals surface area contributed by atoms with Gasteiger partial charge in [0.25, 0.3) is 0 Å². The summed E-state index contributed by atoms with van der Waals surface area (Å²) >= 11 is 0. The van der Waals surface area contributed by atoms with E-state index in [1.807, 2.05) is 13.8 Å². The first-order chi connectivity index (χ1) is 7.65. The molecule has 0 saturated heterocycles. The minimum absolute atomic E-state index is 0.176. The minimum atomic E-state index is -0.264. The fourth-order valence-corrected chi connectivity index (χ4v) is 1.58. The molecule has 0 fully saturated rings. The van der Waals surface area contributed by atoms with E-state index in [1.165, 1.54) is 12.1 Å². The molecular formula is C13H18FNO. The molecule has 0 aromatic heterocycles. The Hall–Kier alpha value is -1.22. The fraction of sp³-hybridized carbons (Fsp3) is 0.462. The standard InChI is InChI=1S/C13H18FNO/c1-3-15(4-2)10-13(16)9-11-5-7-12(14)8-6-11/h5-8H,3-4,9-10H2,1-2H3. The van der Waals surface area contributed by atoms with E-state index in [1.54, 1.807) is 12.1 Å². The van der Waals surface area contributed by atoms with Crippen LogP contribution in [-0.2, 0) is 11.2 Å². The van der Waals surface area contributed by atoms with Crippen LogP contribution < -0.4 is 0 Å². The van der Waals surface area contributed by atoms with Crippen molar-refractivity contribution in [2.45, 2.75) is 20.3 Å². The van der Waals surface area contributed by atoms with Gasteiger partial charge < -0.3 is 0 Å². The van der Waals surface area contributed by atoms with E-state index >= 15 is 0 Å². The summed E-state index contributed by atoms with van der Waals surface area (Å²) < 4.78 is 12.7. The van der Waals surface area contributed by atoms with Crippen molar-refractivity contribution in [2.75, 3.05) is 19.6 Å². The Bertz CT molecular complexity index is 330. The maximum Gasteiger partial charge on any atom is 0.151 e. The van der Waals surface area contributed by atoms with Crippen LogP contribution in [0.15, 0.2) is 24.3 Å². The van der Waals surface area contributed by atoms with Crippen LogP contribution in [0.1, 0.15) is 19.4 Å². The largest absolute Gasteiger partial charge is 0.298 e. The van der Waals surface area contributed by atoms with Crippen molar-refractivity contribution >= 4 is 5.78 Å². The number of ketones is 1. The van der Waals surface area contributed by atoms with Crippen molar-refractivity contribution in [3.05, 3.63) is 35.6 Å². The van der Waals surface area contributed by atoms with Crippen LogP contribution >= 0.6 is 0 Å². The number of carbonyl (C=O) groups excluding carboxylic acids is 1. The number of Topliss-reactive ketones (excluding diaryl/α,β-unsaturated/α-hetero) is 1. The molecule has 3 heteroatoms. The lowest BCUT2D eigenvalue weighted by Crippen LogP contribution is -2.30. The van der Waals surface area contributed by atoms with E-state index in [2.05, 4.69) is 4.90 Å². The first-order valence-electron chi connectivity index (χ1n) is 5.64. The minimum Gasteiger partial charge on any atom is -0.298 e. The Morgan fingerprint density at radius 2 is 1.75 bits per heavy atom.